The van der Waals surface area contributed by atoms with Crippen LogP contribution in [-0.4, -0.2) is 42.5 Å². The van der Waals surface area contributed by atoms with Crippen LogP contribution in [0.1, 0.15) is 5.69 Å². The number of hydrogen-bond acceptors (Lipinski definition) is 6. The van der Waals surface area contributed by atoms with Gasteiger partial charge in [0.2, 0.25) is 0 Å². The van der Waals surface area contributed by atoms with Crippen LogP contribution in [0.15, 0.2) is 42.6 Å². The Morgan fingerprint density at radius 2 is 1.86 bits per heavy atom. The van der Waals surface area contributed by atoms with E-state index in [0.717, 1.165) is 41.6 Å². The normalized spacial score (nSPS) is 15.0. The largest absolute Gasteiger partial charge is 0.397 e. The number of allylic oxidation sites excluding steroid dienone is 1. The van der Waals surface area contributed by atoms with Gasteiger partial charge < -0.3 is 20.8 Å². The Kier molecular flexibility index (Phi) is 5.67. The van der Waals surface area contributed by atoms with Gasteiger partial charge in [-0.3, -0.25) is 4.98 Å². The molecule has 1 fully saturated rings. The monoisotopic (exact) mass is 427 g/mol. The average molecular weight is 428 g/mol. The van der Waals surface area contributed by atoms with E-state index in [-0.39, 0.29) is 0 Å². The summed E-state index contributed by atoms with van der Waals surface area (Å²) in [7, 11) is 0. The average Bonchev–Trinajstić information content (AvgIpc) is 2.72. The Morgan fingerprint density at radius 3 is 2.55 bits per heavy atom. The number of hydrogen-bond donors (Lipinski definition) is 2. The fourth-order valence-electron chi connectivity index (χ4n) is 3.42. The van der Waals surface area contributed by atoms with Crippen LogP contribution in [0, 0.1) is 5.41 Å². The summed E-state index contributed by atoms with van der Waals surface area (Å²) >= 11 is 12.5. The van der Waals surface area contributed by atoms with Gasteiger partial charge in [0, 0.05) is 40.9 Å². The molecule has 1 aliphatic rings. The number of nitrogens with zero attached hydrogens (tertiary/aromatic N) is 3. The highest BCUT2D eigenvalue weighted by molar-refractivity contribution is 6.35. The Hall–Kier alpha value is -2.67. The van der Waals surface area contributed by atoms with Gasteiger partial charge in [-0.25, -0.2) is 4.98 Å². The molecular formula is C21H19Cl2N5O. The van der Waals surface area contributed by atoms with Crippen molar-refractivity contribution < 1.29 is 4.74 Å². The van der Waals surface area contributed by atoms with Crippen molar-refractivity contribution in [1.82, 2.24) is 9.97 Å². The zero-order valence-corrected chi connectivity index (χ0v) is 17.0. The van der Waals surface area contributed by atoms with Crippen molar-refractivity contribution in [2.24, 2.45) is 5.73 Å². The third-order valence-electron chi connectivity index (χ3n) is 4.76. The highest BCUT2D eigenvalue weighted by atomic mass is 35.5. The number of nitrogens with two attached hydrogens (primary N) is 1. The number of aromatic nitrogens is 2. The first-order valence-electron chi connectivity index (χ1n) is 9.12. The second kappa shape index (κ2) is 8.37. The molecule has 0 radical (unpaired) electrons. The van der Waals surface area contributed by atoms with E-state index in [2.05, 4.69) is 9.88 Å². The van der Waals surface area contributed by atoms with Gasteiger partial charge in [0.05, 0.1) is 18.9 Å². The topological polar surface area (TPSA) is 88.1 Å². The molecule has 4 rings (SSSR count). The van der Waals surface area contributed by atoms with E-state index in [1.54, 1.807) is 12.3 Å². The Morgan fingerprint density at radius 1 is 1.14 bits per heavy atom. The van der Waals surface area contributed by atoms with Crippen molar-refractivity contribution in [3.05, 3.63) is 58.3 Å². The van der Waals surface area contributed by atoms with Gasteiger partial charge in [-0.1, -0.05) is 23.2 Å². The standard InChI is InChI=1S/C21H19Cl2N5O/c22-14-9-13(10-15(23)11-14)17-12-19(28-5-7-29-8-6-28)27-20-16(17)2-4-26-21(20)18(25)1-3-24/h1-4,9-12,24H,5-8,25H2/b18-1-,24-3?. The maximum absolute atomic E-state index is 7.34. The number of ether oxygens (including phenoxy) is 1. The molecule has 0 amide bonds. The van der Waals surface area contributed by atoms with Crippen LogP contribution in [0.25, 0.3) is 27.7 Å². The molecule has 0 aliphatic carbocycles. The van der Waals surface area contributed by atoms with Gasteiger partial charge in [0.15, 0.2) is 0 Å². The molecule has 2 aromatic heterocycles. The quantitative estimate of drug-likeness (QED) is 0.602. The minimum Gasteiger partial charge on any atom is -0.397 e. The van der Waals surface area contributed by atoms with Crippen LogP contribution < -0.4 is 10.6 Å². The van der Waals surface area contributed by atoms with Crippen LogP contribution in [-0.2, 0) is 4.74 Å². The molecule has 0 saturated carbocycles. The van der Waals surface area contributed by atoms with Gasteiger partial charge >= 0.3 is 0 Å². The molecular weight excluding hydrogens is 409 g/mol. The smallest absolute Gasteiger partial charge is 0.130 e. The van der Waals surface area contributed by atoms with E-state index >= 15 is 0 Å². The number of pyridine rings is 2. The Labute approximate surface area is 178 Å². The lowest BCUT2D eigenvalue weighted by Crippen LogP contribution is -2.36. The number of fused-ring (bicyclic) bond motifs is 1. The lowest BCUT2D eigenvalue weighted by atomic mass is 10.00. The maximum atomic E-state index is 7.34. The molecule has 1 saturated heterocycles. The molecule has 29 heavy (non-hydrogen) atoms. The van der Waals surface area contributed by atoms with Crippen LogP contribution in [0.2, 0.25) is 10.0 Å². The molecule has 1 aromatic carbocycles. The van der Waals surface area contributed by atoms with Crippen molar-refractivity contribution in [2.75, 3.05) is 31.2 Å². The second-order valence-electron chi connectivity index (χ2n) is 6.63. The molecule has 0 atom stereocenters. The minimum absolute atomic E-state index is 0.382. The molecule has 3 aromatic rings. The van der Waals surface area contributed by atoms with E-state index in [0.29, 0.717) is 40.2 Å². The summed E-state index contributed by atoms with van der Waals surface area (Å²) < 4.78 is 5.48. The molecule has 8 heteroatoms. The van der Waals surface area contributed by atoms with Crippen LogP contribution >= 0.6 is 23.2 Å². The molecule has 148 valence electrons. The van der Waals surface area contributed by atoms with Crippen molar-refractivity contribution >= 4 is 51.8 Å². The van der Waals surface area contributed by atoms with Gasteiger partial charge in [0.25, 0.3) is 0 Å². The van der Waals surface area contributed by atoms with Gasteiger partial charge in [-0.15, -0.1) is 0 Å². The minimum atomic E-state index is 0.382. The van der Waals surface area contributed by atoms with E-state index in [1.165, 1.54) is 6.08 Å². The molecule has 0 unspecified atom stereocenters. The molecule has 3 heterocycles. The Balaban J connectivity index is 2.01. The molecule has 0 spiro atoms. The summed E-state index contributed by atoms with van der Waals surface area (Å²) in [6.07, 6.45) is 4.33. The number of anilines is 1. The first-order valence-corrected chi connectivity index (χ1v) is 9.88. The number of benzene rings is 1. The lowest BCUT2D eigenvalue weighted by molar-refractivity contribution is 0.122. The zero-order chi connectivity index (χ0) is 20.4. The van der Waals surface area contributed by atoms with E-state index in [4.69, 9.17) is 44.1 Å². The fraction of sp³-hybridized carbons (Fsp3) is 0.190. The van der Waals surface area contributed by atoms with Gasteiger partial charge in [0.1, 0.15) is 17.0 Å². The van der Waals surface area contributed by atoms with Crippen LogP contribution in [0.3, 0.4) is 0 Å². The van der Waals surface area contributed by atoms with E-state index in [9.17, 15) is 0 Å². The number of rotatable bonds is 4. The van der Waals surface area contributed by atoms with E-state index < -0.39 is 0 Å². The fourth-order valence-corrected chi connectivity index (χ4v) is 3.95. The predicted molar refractivity (Wildman–Crippen MR) is 119 cm³/mol. The van der Waals surface area contributed by atoms with Crippen molar-refractivity contribution in [1.29, 1.82) is 5.41 Å². The first-order chi connectivity index (χ1) is 14.1. The van der Waals surface area contributed by atoms with Crippen molar-refractivity contribution in [2.45, 2.75) is 0 Å². The summed E-state index contributed by atoms with van der Waals surface area (Å²) in [5.74, 6) is 0.809. The number of nitrogens with one attached hydrogen (secondary N) is 1. The SMILES string of the molecule is N=C/C=C(\N)c1nccc2c(-c3cc(Cl)cc(Cl)c3)cc(N3CCOCC3)nc12. The molecule has 0 bridgehead atoms. The number of halogens is 2. The van der Waals surface area contributed by atoms with Crippen LogP contribution in [0.4, 0.5) is 5.82 Å². The van der Waals surface area contributed by atoms with Crippen LogP contribution in [0.5, 0.6) is 0 Å². The summed E-state index contributed by atoms with van der Waals surface area (Å²) in [4.78, 5) is 11.5. The summed E-state index contributed by atoms with van der Waals surface area (Å²) in [5, 5.41) is 9.33. The van der Waals surface area contributed by atoms with Gasteiger partial charge in [-0.2, -0.15) is 0 Å². The van der Waals surface area contributed by atoms with E-state index in [1.807, 2.05) is 24.3 Å². The summed E-state index contributed by atoms with van der Waals surface area (Å²) in [6, 6.07) is 9.40. The summed E-state index contributed by atoms with van der Waals surface area (Å²) in [5.41, 5.74) is 9.58. The second-order valence-corrected chi connectivity index (χ2v) is 7.50. The predicted octanol–water partition coefficient (Wildman–Crippen LogP) is 4.39. The van der Waals surface area contributed by atoms with Gasteiger partial charge in [-0.05, 0) is 47.5 Å². The highest BCUT2D eigenvalue weighted by Gasteiger charge is 2.18. The third-order valence-corrected chi connectivity index (χ3v) is 5.20. The van der Waals surface area contributed by atoms with Crippen molar-refractivity contribution in [3.63, 3.8) is 0 Å². The molecule has 1 aliphatic heterocycles. The first kappa shape index (κ1) is 19.6. The lowest BCUT2D eigenvalue weighted by Gasteiger charge is -2.28. The third kappa shape index (κ3) is 4.05. The number of morpholine rings is 1. The molecule has 6 nitrogen and oxygen atoms in total. The zero-order valence-electron chi connectivity index (χ0n) is 15.5. The van der Waals surface area contributed by atoms with Crippen molar-refractivity contribution in [3.8, 4) is 11.1 Å². The molecule has 3 N–H and O–H groups in total. The summed E-state index contributed by atoms with van der Waals surface area (Å²) in [6.45, 7) is 2.78. The maximum Gasteiger partial charge on any atom is 0.130 e. The highest BCUT2D eigenvalue weighted by Crippen LogP contribution is 2.36. The Bertz CT molecular complexity index is 1090.